The van der Waals surface area contributed by atoms with Crippen LogP contribution < -0.4 is 5.73 Å². The fourth-order valence-corrected chi connectivity index (χ4v) is 3.69. The topological polar surface area (TPSA) is 49.6 Å². The van der Waals surface area contributed by atoms with Crippen molar-refractivity contribution in [3.63, 3.8) is 0 Å². The van der Waals surface area contributed by atoms with Crippen molar-refractivity contribution in [1.29, 1.82) is 0 Å². The van der Waals surface area contributed by atoms with Crippen LogP contribution in [0, 0.1) is 5.92 Å². The van der Waals surface area contributed by atoms with Gasteiger partial charge in [-0.2, -0.15) is 0 Å². The number of carbonyl (C=O) groups is 1. The van der Waals surface area contributed by atoms with Crippen LogP contribution in [0.25, 0.3) is 0 Å². The second kappa shape index (κ2) is 7.11. The van der Waals surface area contributed by atoms with E-state index in [1.165, 1.54) is 19.4 Å². The molecule has 4 nitrogen and oxygen atoms in total. The summed E-state index contributed by atoms with van der Waals surface area (Å²) in [4.78, 5) is 17.0. The molecule has 1 amide bonds. The van der Waals surface area contributed by atoms with Crippen molar-refractivity contribution in [2.24, 2.45) is 11.7 Å². The molecule has 0 aromatic carbocycles. The van der Waals surface area contributed by atoms with Crippen LogP contribution in [-0.4, -0.2) is 54.0 Å². The van der Waals surface area contributed by atoms with Crippen LogP contribution in [0.4, 0.5) is 0 Å². The summed E-state index contributed by atoms with van der Waals surface area (Å²) in [6.45, 7) is 4.21. The molecule has 0 aromatic heterocycles. The van der Waals surface area contributed by atoms with E-state index < -0.39 is 0 Å². The van der Waals surface area contributed by atoms with Crippen molar-refractivity contribution in [2.75, 3.05) is 26.2 Å². The normalized spacial score (nSPS) is 34.4. The Bertz CT molecular complexity index is 316. The van der Waals surface area contributed by atoms with Crippen molar-refractivity contribution >= 4 is 30.7 Å². The highest BCUT2D eigenvalue weighted by Crippen LogP contribution is 2.28. The Hall–Kier alpha value is -0.0300. The highest BCUT2D eigenvalue weighted by Gasteiger charge is 2.36. The maximum absolute atomic E-state index is 12.4. The van der Waals surface area contributed by atoms with E-state index in [4.69, 9.17) is 5.73 Å². The van der Waals surface area contributed by atoms with Crippen LogP contribution in [0.1, 0.15) is 32.1 Å². The number of hydrogen-bond donors (Lipinski definition) is 1. The Balaban J connectivity index is 0.000000902. The van der Waals surface area contributed by atoms with Gasteiger partial charge in [0.05, 0.1) is 0 Å². The maximum Gasteiger partial charge on any atom is 0.225 e. The molecule has 3 aliphatic rings. The molecule has 3 unspecified atom stereocenters. The largest absolute Gasteiger partial charge is 0.340 e. The SMILES string of the molecule is Cl.Cl.NC1CCC(C(=O)N2CCN3CCCC3C2)C1. The molecule has 6 heteroatoms. The quantitative estimate of drug-likeness (QED) is 0.793. The number of piperazine rings is 1. The zero-order valence-corrected chi connectivity index (χ0v) is 12.9. The fraction of sp³-hybridized carbons (Fsp3) is 0.923. The molecule has 1 aliphatic carbocycles. The third-order valence-electron chi connectivity index (χ3n) is 4.72. The summed E-state index contributed by atoms with van der Waals surface area (Å²) in [5.41, 5.74) is 5.90. The smallest absolute Gasteiger partial charge is 0.225 e. The summed E-state index contributed by atoms with van der Waals surface area (Å²) in [7, 11) is 0. The maximum atomic E-state index is 12.4. The standard InChI is InChI=1S/C13H23N3O.2ClH/c14-11-4-3-10(8-11)13(17)16-7-6-15-5-1-2-12(15)9-16;;/h10-12H,1-9,14H2;2*1H. The molecular weight excluding hydrogens is 285 g/mol. The summed E-state index contributed by atoms with van der Waals surface area (Å²) < 4.78 is 0. The number of nitrogens with two attached hydrogens (primary N) is 1. The lowest BCUT2D eigenvalue weighted by Gasteiger charge is -2.38. The summed E-state index contributed by atoms with van der Waals surface area (Å²) >= 11 is 0. The zero-order chi connectivity index (χ0) is 11.8. The molecule has 2 saturated heterocycles. The van der Waals surface area contributed by atoms with Crippen molar-refractivity contribution in [2.45, 2.75) is 44.2 Å². The van der Waals surface area contributed by atoms with Gasteiger partial charge in [0, 0.05) is 37.6 Å². The van der Waals surface area contributed by atoms with Crippen LogP contribution in [0.3, 0.4) is 0 Å². The third-order valence-corrected chi connectivity index (χ3v) is 4.72. The monoisotopic (exact) mass is 309 g/mol. The van der Waals surface area contributed by atoms with Gasteiger partial charge < -0.3 is 10.6 Å². The van der Waals surface area contributed by atoms with Gasteiger partial charge in [-0.3, -0.25) is 9.69 Å². The van der Waals surface area contributed by atoms with Crippen LogP contribution in [0.15, 0.2) is 0 Å². The Kier molecular flexibility index (Phi) is 6.37. The average Bonchev–Trinajstić information content (AvgIpc) is 2.95. The summed E-state index contributed by atoms with van der Waals surface area (Å²) in [6.07, 6.45) is 5.52. The van der Waals surface area contributed by atoms with E-state index >= 15 is 0 Å². The molecular formula is C13H25Cl2N3O. The molecule has 3 fully saturated rings. The van der Waals surface area contributed by atoms with E-state index in [0.29, 0.717) is 11.9 Å². The first-order valence-corrected chi connectivity index (χ1v) is 7.02. The zero-order valence-electron chi connectivity index (χ0n) is 11.3. The second-order valence-corrected chi connectivity index (χ2v) is 5.89. The van der Waals surface area contributed by atoms with Gasteiger partial charge >= 0.3 is 0 Å². The Morgan fingerprint density at radius 1 is 1.05 bits per heavy atom. The molecule has 1 saturated carbocycles. The average molecular weight is 310 g/mol. The van der Waals surface area contributed by atoms with Gasteiger partial charge in [0.2, 0.25) is 5.91 Å². The lowest BCUT2D eigenvalue weighted by molar-refractivity contribution is -0.138. The van der Waals surface area contributed by atoms with E-state index in [-0.39, 0.29) is 36.8 Å². The number of fused-ring (bicyclic) bond motifs is 1. The highest BCUT2D eigenvalue weighted by molar-refractivity contribution is 5.85. The van der Waals surface area contributed by atoms with Gasteiger partial charge in [0.1, 0.15) is 0 Å². The van der Waals surface area contributed by atoms with E-state index in [1.54, 1.807) is 0 Å². The van der Waals surface area contributed by atoms with Crippen LogP contribution >= 0.6 is 24.8 Å². The van der Waals surface area contributed by atoms with Gasteiger partial charge in [0.15, 0.2) is 0 Å². The molecule has 0 spiro atoms. The Morgan fingerprint density at radius 2 is 1.84 bits per heavy atom. The van der Waals surface area contributed by atoms with Crippen molar-refractivity contribution in [3.05, 3.63) is 0 Å². The first-order valence-electron chi connectivity index (χ1n) is 7.02. The molecule has 2 aliphatic heterocycles. The van der Waals surface area contributed by atoms with Gasteiger partial charge in [-0.15, -0.1) is 24.8 Å². The Morgan fingerprint density at radius 3 is 2.53 bits per heavy atom. The van der Waals surface area contributed by atoms with Crippen molar-refractivity contribution < 1.29 is 4.79 Å². The predicted octanol–water partition coefficient (Wildman–Crippen LogP) is 1.26. The van der Waals surface area contributed by atoms with Gasteiger partial charge in [-0.1, -0.05) is 0 Å². The van der Waals surface area contributed by atoms with Gasteiger partial charge in [0.25, 0.3) is 0 Å². The lowest BCUT2D eigenvalue weighted by Crippen LogP contribution is -2.53. The third kappa shape index (κ3) is 3.54. The summed E-state index contributed by atoms with van der Waals surface area (Å²) in [5.74, 6) is 0.599. The van der Waals surface area contributed by atoms with Gasteiger partial charge in [-0.25, -0.2) is 0 Å². The van der Waals surface area contributed by atoms with Crippen LogP contribution in [0.5, 0.6) is 0 Å². The number of rotatable bonds is 1. The summed E-state index contributed by atoms with van der Waals surface area (Å²) in [6, 6.07) is 0.902. The number of hydrogen-bond acceptors (Lipinski definition) is 3. The molecule has 2 N–H and O–H groups in total. The van der Waals surface area contributed by atoms with Crippen LogP contribution in [-0.2, 0) is 4.79 Å². The van der Waals surface area contributed by atoms with E-state index in [2.05, 4.69) is 9.80 Å². The minimum absolute atomic E-state index is 0. The fourth-order valence-electron chi connectivity index (χ4n) is 3.69. The molecule has 19 heavy (non-hydrogen) atoms. The lowest BCUT2D eigenvalue weighted by atomic mass is 10.0. The Labute approximate surface area is 127 Å². The van der Waals surface area contributed by atoms with Crippen molar-refractivity contribution in [3.8, 4) is 0 Å². The number of halogens is 2. The van der Waals surface area contributed by atoms with Crippen LogP contribution in [0.2, 0.25) is 0 Å². The molecule has 112 valence electrons. The first kappa shape index (κ1) is 17.0. The molecule has 0 radical (unpaired) electrons. The number of carbonyl (C=O) groups excluding carboxylic acids is 1. The van der Waals surface area contributed by atoms with E-state index in [1.807, 2.05) is 0 Å². The summed E-state index contributed by atoms with van der Waals surface area (Å²) in [5, 5.41) is 0. The predicted molar refractivity (Wildman–Crippen MR) is 81.0 cm³/mol. The highest BCUT2D eigenvalue weighted by atomic mass is 35.5. The van der Waals surface area contributed by atoms with Crippen molar-refractivity contribution in [1.82, 2.24) is 9.80 Å². The minimum Gasteiger partial charge on any atom is -0.340 e. The van der Waals surface area contributed by atoms with Gasteiger partial charge in [-0.05, 0) is 38.6 Å². The number of amides is 1. The van der Waals surface area contributed by atoms with E-state index in [9.17, 15) is 4.79 Å². The molecule has 2 heterocycles. The molecule has 3 rings (SSSR count). The molecule has 0 aromatic rings. The first-order chi connectivity index (χ1) is 8.24. The van der Waals surface area contributed by atoms with E-state index in [0.717, 1.165) is 38.9 Å². The molecule has 0 bridgehead atoms. The number of nitrogens with zero attached hydrogens (tertiary/aromatic N) is 2. The molecule has 3 atom stereocenters. The minimum atomic E-state index is 0. The second-order valence-electron chi connectivity index (χ2n) is 5.89.